The monoisotopic (exact) mass is 389 g/mol. The van der Waals surface area contributed by atoms with Gasteiger partial charge < -0.3 is 0 Å². The molecule has 0 saturated carbocycles. The minimum atomic E-state index is -0.0734. The van der Waals surface area contributed by atoms with Gasteiger partial charge in [0.1, 0.15) is 0 Å². The van der Waals surface area contributed by atoms with Crippen LogP contribution in [0.1, 0.15) is 27.6 Å². The first kappa shape index (κ1) is 16.6. The van der Waals surface area contributed by atoms with Gasteiger partial charge in [-0.15, -0.1) is 5.10 Å². The van der Waals surface area contributed by atoms with Gasteiger partial charge in [-0.3, -0.25) is 4.79 Å². The number of rotatable bonds is 2. The summed E-state index contributed by atoms with van der Waals surface area (Å²) in [6, 6.07) is 13.4. The molecule has 2 aromatic carbocycles. The highest BCUT2D eigenvalue weighted by atomic mass is 35.5. The van der Waals surface area contributed by atoms with E-state index in [-0.39, 0.29) is 11.2 Å². The lowest BCUT2D eigenvalue weighted by Crippen LogP contribution is -2.20. The Kier molecular flexibility index (Phi) is 4.31. The maximum atomic E-state index is 12.5. The maximum Gasteiger partial charge on any atom is 0.250 e. The van der Waals surface area contributed by atoms with Crippen molar-refractivity contribution in [1.82, 2.24) is 14.8 Å². The minimum absolute atomic E-state index is 0.0511. The Bertz CT molecular complexity index is 969. The fourth-order valence-corrected chi connectivity index (χ4v) is 4.13. The van der Waals surface area contributed by atoms with E-state index in [0.717, 1.165) is 16.7 Å². The van der Waals surface area contributed by atoms with E-state index in [0.29, 0.717) is 27.4 Å². The van der Waals surface area contributed by atoms with Crippen LogP contribution in [0.15, 0.2) is 47.6 Å². The van der Waals surface area contributed by atoms with Crippen LogP contribution in [-0.4, -0.2) is 20.7 Å². The number of nitrogens with zero attached hydrogens (tertiary/aromatic N) is 3. The second kappa shape index (κ2) is 6.48. The van der Waals surface area contributed by atoms with Crippen molar-refractivity contribution in [3.63, 3.8) is 0 Å². The Labute approximate surface area is 159 Å². The van der Waals surface area contributed by atoms with E-state index in [1.807, 2.05) is 43.3 Å². The molecule has 1 aliphatic rings. The highest BCUT2D eigenvalue weighted by Crippen LogP contribution is 2.42. The van der Waals surface area contributed by atoms with Crippen LogP contribution in [0, 0.1) is 6.92 Å². The number of carbonyl (C=O) groups excluding carboxylic acids is 1. The number of fused-ring (bicyclic) bond motifs is 1. The summed E-state index contributed by atoms with van der Waals surface area (Å²) in [6.07, 6.45) is 0.340. The molecular weight excluding hydrogens is 377 g/mol. The van der Waals surface area contributed by atoms with Crippen molar-refractivity contribution >= 4 is 40.9 Å². The summed E-state index contributed by atoms with van der Waals surface area (Å²) < 4.78 is 1.40. The molecule has 1 aromatic heterocycles. The Morgan fingerprint density at radius 2 is 1.88 bits per heavy atom. The first-order valence-corrected chi connectivity index (χ1v) is 9.34. The molecular formula is C18H13Cl2N3OS. The predicted octanol–water partition coefficient (Wildman–Crippen LogP) is 5.44. The van der Waals surface area contributed by atoms with Gasteiger partial charge in [0.15, 0.2) is 11.0 Å². The molecule has 0 radical (unpaired) electrons. The number of hydrogen-bond acceptors (Lipinski definition) is 4. The van der Waals surface area contributed by atoms with Crippen molar-refractivity contribution < 1.29 is 4.79 Å². The van der Waals surface area contributed by atoms with Gasteiger partial charge in [0.25, 0.3) is 5.91 Å². The molecule has 1 atom stereocenters. The third kappa shape index (κ3) is 3.19. The van der Waals surface area contributed by atoms with Crippen LogP contribution in [0.2, 0.25) is 10.0 Å². The van der Waals surface area contributed by atoms with Crippen molar-refractivity contribution in [3.05, 3.63) is 63.6 Å². The van der Waals surface area contributed by atoms with Crippen LogP contribution in [0.25, 0.3) is 11.4 Å². The van der Waals surface area contributed by atoms with Crippen LogP contribution < -0.4 is 0 Å². The molecule has 7 heteroatoms. The van der Waals surface area contributed by atoms with E-state index in [1.54, 1.807) is 6.07 Å². The highest BCUT2D eigenvalue weighted by molar-refractivity contribution is 7.99. The quantitative estimate of drug-likeness (QED) is 0.585. The van der Waals surface area contributed by atoms with Gasteiger partial charge in [0.2, 0.25) is 0 Å². The minimum Gasteiger partial charge on any atom is -0.272 e. The lowest BCUT2D eigenvalue weighted by Gasteiger charge is -2.20. The van der Waals surface area contributed by atoms with E-state index < -0.39 is 0 Å². The fraction of sp³-hybridized carbons (Fsp3) is 0.167. The van der Waals surface area contributed by atoms with Crippen molar-refractivity contribution in [2.24, 2.45) is 0 Å². The Balaban J connectivity index is 1.67. The Hall–Kier alpha value is -1.82. The molecule has 0 bridgehead atoms. The first-order chi connectivity index (χ1) is 12.0. The summed E-state index contributed by atoms with van der Waals surface area (Å²) >= 11 is 13.6. The van der Waals surface area contributed by atoms with Crippen molar-refractivity contribution in [2.45, 2.75) is 23.8 Å². The lowest BCUT2D eigenvalue weighted by molar-refractivity contribution is 0.0868. The van der Waals surface area contributed by atoms with E-state index in [9.17, 15) is 4.79 Å². The number of aryl methyl sites for hydroxylation is 1. The molecule has 0 saturated heterocycles. The standard InChI is InChI=1S/C18H13Cl2N3OS/c1-10-2-4-11(5-3-10)17-21-18-23(22-17)16(24)9-15(25-18)12-6-7-13(19)14(20)8-12/h2-8,15H,9H2,1H3/t15-/m1/s1. The average Bonchev–Trinajstić information content (AvgIpc) is 3.02. The van der Waals surface area contributed by atoms with Gasteiger partial charge in [0, 0.05) is 17.2 Å². The average molecular weight is 390 g/mol. The SMILES string of the molecule is Cc1ccc(-c2nc3n(n2)C(=O)C[C@H](c2ccc(Cl)c(Cl)c2)S3)cc1. The summed E-state index contributed by atoms with van der Waals surface area (Å²) in [5.41, 5.74) is 3.02. The normalized spacial score (nSPS) is 16.8. The summed E-state index contributed by atoms with van der Waals surface area (Å²) in [7, 11) is 0. The number of benzene rings is 2. The molecule has 25 heavy (non-hydrogen) atoms. The molecule has 2 heterocycles. The largest absolute Gasteiger partial charge is 0.272 e. The van der Waals surface area contributed by atoms with Crippen LogP contribution in [0.5, 0.6) is 0 Å². The zero-order valence-electron chi connectivity index (χ0n) is 13.2. The van der Waals surface area contributed by atoms with Crippen LogP contribution >= 0.6 is 35.0 Å². The maximum absolute atomic E-state index is 12.5. The van der Waals surface area contributed by atoms with Crippen LogP contribution in [0.3, 0.4) is 0 Å². The van der Waals surface area contributed by atoms with Crippen molar-refractivity contribution in [1.29, 1.82) is 0 Å². The van der Waals surface area contributed by atoms with Gasteiger partial charge in [-0.05, 0) is 24.6 Å². The van der Waals surface area contributed by atoms with Crippen LogP contribution in [0.4, 0.5) is 0 Å². The van der Waals surface area contributed by atoms with Gasteiger partial charge in [-0.2, -0.15) is 4.68 Å². The van der Waals surface area contributed by atoms with Gasteiger partial charge in [-0.1, -0.05) is 70.9 Å². The zero-order valence-corrected chi connectivity index (χ0v) is 15.6. The number of carbonyl (C=O) groups is 1. The highest BCUT2D eigenvalue weighted by Gasteiger charge is 2.30. The van der Waals surface area contributed by atoms with E-state index in [4.69, 9.17) is 23.2 Å². The topological polar surface area (TPSA) is 47.8 Å². The molecule has 4 nitrogen and oxygen atoms in total. The molecule has 0 spiro atoms. The fourth-order valence-electron chi connectivity index (χ4n) is 2.67. The molecule has 0 aliphatic carbocycles. The first-order valence-electron chi connectivity index (χ1n) is 7.70. The number of hydrogen-bond donors (Lipinski definition) is 0. The third-order valence-corrected chi connectivity index (χ3v) is 5.98. The van der Waals surface area contributed by atoms with Gasteiger partial charge in [0.05, 0.1) is 10.0 Å². The van der Waals surface area contributed by atoms with Crippen molar-refractivity contribution in [3.8, 4) is 11.4 Å². The molecule has 126 valence electrons. The molecule has 0 amide bonds. The smallest absolute Gasteiger partial charge is 0.250 e. The molecule has 3 aromatic rings. The summed E-state index contributed by atoms with van der Waals surface area (Å²) in [4.78, 5) is 17.1. The summed E-state index contributed by atoms with van der Waals surface area (Å²) in [5, 5.41) is 5.92. The number of halogens is 2. The Morgan fingerprint density at radius 1 is 1.12 bits per heavy atom. The number of thioether (sulfide) groups is 1. The second-order valence-corrected chi connectivity index (χ2v) is 7.86. The number of aromatic nitrogens is 3. The molecule has 4 rings (SSSR count). The summed E-state index contributed by atoms with van der Waals surface area (Å²) in [6.45, 7) is 2.02. The molecule has 1 aliphatic heterocycles. The van der Waals surface area contributed by atoms with E-state index in [1.165, 1.54) is 16.4 Å². The van der Waals surface area contributed by atoms with E-state index in [2.05, 4.69) is 10.1 Å². The van der Waals surface area contributed by atoms with Gasteiger partial charge >= 0.3 is 0 Å². The molecule has 0 N–H and O–H groups in total. The van der Waals surface area contributed by atoms with E-state index >= 15 is 0 Å². The Morgan fingerprint density at radius 3 is 2.60 bits per heavy atom. The van der Waals surface area contributed by atoms with Crippen LogP contribution in [-0.2, 0) is 0 Å². The molecule has 0 fully saturated rings. The van der Waals surface area contributed by atoms with Gasteiger partial charge in [-0.25, -0.2) is 4.98 Å². The third-order valence-electron chi connectivity index (χ3n) is 4.05. The predicted molar refractivity (Wildman–Crippen MR) is 100 cm³/mol. The summed E-state index contributed by atoms with van der Waals surface area (Å²) in [5.74, 6) is 0.487. The van der Waals surface area contributed by atoms with Crippen molar-refractivity contribution in [2.75, 3.05) is 0 Å². The zero-order chi connectivity index (χ0) is 17.6. The molecule has 0 unspecified atom stereocenters. The second-order valence-electron chi connectivity index (χ2n) is 5.87. The lowest BCUT2D eigenvalue weighted by atomic mass is 10.1.